The fourth-order valence-electron chi connectivity index (χ4n) is 1.28. The molecule has 0 amide bonds. The molecule has 20 heavy (non-hydrogen) atoms. The van der Waals surface area contributed by atoms with Crippen LogP contribution < -0.4 is 4.72 Å². The van der Waals surface area contributed by atoms with Gasteiger partial charge in [-0.15, -0.1) is 0 Å². The minimum Gasteiger partial charge on any atom is -0.396 e. The summed E-state index contributed by atoms with van der Waals surface area (Å²) < 4.78 is 63.6. The molecular weight excluding hydrogens is 319 g/mol. The maximum Gasteiger partial charge on any atom is 0.416 e. The van der Waals surface area contributed by atoms with E-state index in [0.29, 0.717) is 12.1 Å². The van der Waals surface area contributed by atoms with Crippen molar-refractivity contribution in [3.8, 4) is 0 Å². The average Bonchev–Trinajstić information content (AvgIpc) is 2.34. The number of sulfonamides is 1. The number of benzene rings is 1. The summed E-state index contributed by atoms with van der Waals surface area (Å²) in [5.74, 6) is -0.366. The van der Waals surface area contributed by atoms with Crippen molar-refractivity contribution in [2.45, 2.75) is 18.0 Å². The Balaban J connectivity index is 3.11. The summed E-state index contributed by atoms with van der Waals surface area (Å²) in [5.41, 5.74) is -1.10. The average molecular weight is 332 g/mol. The lowest BCUT2D eigenvalue weighted by Gasteiger charge is -2.13. The van der Waals surface area contributed by atoms with Gasteiger partial charge in [0, 0.05) is 13.2 Å². The Morgan fingerprint density at radius 2 is 2.00 bits per heavy atom. The maximum absolute atomic E-state index is 12.6. The monoisotopic (exact) mass is 331 g/mol. The molecule has 0 spiro atoms. The minimum atomic E-state index is -4.66. The van der Waals surface area contributed by atoms with Crippen molar-refractivity contribution in [1.29, 1.82) is 0 Å². The van der Waals surface area contributed by atoms with Gasteiger partial charge in [-0.2, -0.15) is 13.2 Å². The van der Waals surface area contributed by atoms with Crippen molar-refractivity contribution in [3.63, 3.8) is 0 Å². The second kappa shape index (κ2) is 6.30. The van der Waals surface area contributed by atoms with E-state index in [1.54, 1.807) is 6.92 Å². The quantitative estimate of drug-likeness (QED) is 0.869. The van der Waals surface area contributed by atoms with Gasteiger partial charge in [0.05, 0.1) is 10.6 Å². The molecule has 4 nitrogen and oxygen atoms in total. The van der Waals surface area contributed by atoms with Crippen molar-refractivity contribution < 1.29 is 26.7 Å². The highest BCUT2D eigenvalue weighted by Gasteiger charge is 2.32. The van der Waals surface area contributed by atoms with Gasteiger partial charge in [0.1, 0.15) is 4.90 Å². The van der Waals surface area contributed by atoms with Crippen LogP contribution in [0.3, 0.4) is 0 Å². The van der Waals surface area contributed by atoms with Crippen LogP contribution in [0, 0.1) is 5.92 Å². The number of hydrogen-bond donors (Lipinski definition) is 2. The van der Waals surface area contributed by atoms with E-state index in [1.807, 2.05) is 0 Å². The zero-order valence-electron chi connectivity index (χ0n) is 10.4. The summed E-state index contributed by atoms with van der Waals surface area (Å²) in [6.07, 6.45) is -4.66. The molecular formula is C11H13ClF3NO3S. The molecule has 0 aliphatic rings. The molecule has 1 aromatic rings. The number of hydrogen-bond acceptors (Lipinski definition) is 3. The Hall–Kier alpha value is -0.830. The second-order valence-electron chi connectivity index (χ2n) is 4.28. The molecule has 0 heterocycles. The molecule has 0 bridgehead atoms. The standard InChI is InChI=1S/C11H13ClF3NO3S/c1-7(6-17)5-16-20(18,19)10-4-8(11(13,14)15)2-3-9(10)12/h2-4,7,16-17H,5-6H2,1H3. The van der Waals surface area contributed by atoms with E-state index in [2.05, 4.69) is 4.72 Å². The van der Waals surface area contributed by atoms with Crippen molar-refractivity contribution in [3.05, 3.63) is 28.8 Å². The molecule has 0 fully saturated rings. The fraction of sp³-hybridized carbons (Fsp3) is 0.455. The van der Waals surface area contributed by atoms with Crippen LogP contribution in [0.25, 0.3) is 0 Å². The minimum absolute atomic E-state index is 0.106. The number of rotatable bonds is 5. The molecule has 114 valence electrons. The summed E-state index contributed by atoms with van der Waals surface area (Å²) in [5, 5.41) is 8.49. The molecule has 1 unspecified atom stereocenters. The molecule has 9 heteroatoms. The molecule has 1 aromatic carbocycles. The van der Waals surface area contributed by atoms with Crippen LogP contribution in [-0.4, -0.2) is 26.7 Å². The van der Waals surface area contributed by atoms with Gasteiger partial charge in [0.2, 0.25) is 10.0 Å². The first-order chi connectivity index (χ1) is 9.08. The maximum atomic E-state index is 12.6. The first-order valence-electron chi connectivity index (χ1n) is 5.55. The molecule has 0 saturated heterocycles. The topological polar surface area (TPSA) is 66.4 Å². The van der Waals surface area contributed by atoms with E-state index in [-0.39, 0.29) is 24.1 Å². The smallest absolute Gasteiger partial charge is 0.396 e. The number of alkyl halides is 3. The molecule has 1 rings (SSSR count). The van der Waals surface area contributed by atoms with Crippen LogP contribution in [0.5, 0.6) is 0 Å². The molecule has 0 saturated carbocycles. The third-order valence-electron chi connectivity index (χ3n) is 2.48. The lowest BCUT2D eigenvalue weighted by Crippen LogP contribution is -2.30. The zero-order valence-corrected chi connectivity index (χ0v) is 12.0. The van der Waals surface area contributed by atoms with Crippen LogP contribution in [0.15, 0.2) is 23.1 Å². The summed E-state index contributed by atoms with van der Waals surface area (Å²) >= 11 is 5.64. The molecule has 0 radical (unpaired) electrons. The van der Waals surface area contributed by atoms with Gasteiger partial charge >= 0.3 is 6.18 Å². The highest BCUT2D eigenvalue weighted by Crippen LogP contribution is 2.33. The molecule has 0 aliphatic heterocycles. The van der Waals surface area contributed by atoms with E-state index in [0.717, 1.165) is 6.07 Å². The number of aliphatic hydroxyl groups is 1. The van der Waals surface area contributed by atoms with Gasteiger partial charge in [-0.1, -0.05) is 18.5 Å². The predicted molar refractivity (Wildman–Crippen MR) is 67.9 cm³/mol. The molecule has 1 atom stereocenters. The van der Waals surface area contributed by atoms with Gasteiger partial charge in [-0.05, 0) is 24.1 Å². The van der Waals surface area contributed by atoms with Gasteiger partial charge in [-0.3, -0.25) is 0 Å². The van der Waals surface area contributed by atoms with Crippen molar-refractivity contribution in [2.75, 3.05) is 13.2 Å². The molecule has 0 aliphatic carbocycles. The zero-order chi connectivity index (χ0) is 15.6. The van der Waals surface area contributed by atoms with Gasteiger partial charge in [-0.25, -0.2) is 13.1 Å². The lowest BCUT2D eigenvalue weighted by atomic mass is 10.2. The third-order valence-corrected chi connectivity index (χ3v) is 4.39. The molecule has 0 aromatic heterocycles. The normalized spacial score (nSPS) is 14.3. The highest BCUT2D eigenvalue weighted by atomic mass is 35.5. The SMILES string of the molecule is CC(CO)CNS(=O)(=O)c1cc(C(F)(F)F)ccc1Cl. The van der Waals surface area contributed by atoms with Gasteiger partial charge < -0.3 is 5.11 Å². The number of nitrogens with one attached hydrogen (secondary N) is 1. The van der Waals surface area contributed by atoms with E-state index >= 15 is 0 Å². The van der Waals surface area contributed by atoms with E-state index in [4.69, 9.17) is 16.7 Å². The summed E-state index contributed by atoms with van der Waals surface area (Å²) in [7, 11) is -4.17. The van der Waals surface area contributed by atoms with Crippen LogP contribution in [0.4, 0.5) is 13.2 Å². The van der Waals surface area contributed by atoms with E-state index in [9.17, 15) is 21.6 Å². The molecule has 2 N–H and O–H groups in total. The predicted octanol–water partition coefficient (Wildman–Crippen LogP) is 2.27. The van der Waals surface area contributed by atoms with Crippen LogP contribution in [0.2, 0.25) is 5.02 Å². The Morgan fingerprint density at radius 1 is 1.40 bits per heavy atom. The van der Waals surface area contributed by atoms with Crippen molar-refractivity contribution in [1.82, 2.24) is 4.72 Å². The summed E-state index contributed by atoms with van der Waals surface area (Å²) in [6.45, 7) is 1.22. The summed E-state index contributed by atoms with van der Waals surface area (Å²) in [6, 6.07) is 2.07. The Kier molecular flexibility index (Phi) is 5.42. The van der Waals surface area contributed by atoms with Crippen molar-refractivity contribution >= 4 is 21.6 Å². The fourth-order valence-corrected chi connectivity index (χ4v) is 2.97. The first kappa shape index (κ1) is 17.2. The Morgan fingerprint density at radius 3 is 2.50 bits per heavy atom. The largest absolute Gasteiger partial charge is 0.416 e. The van der Waals surface area contributed by atoms with Gasteiger partial charge in [0.25, 0.3) is 0 Å². The van der Waals surface area contributed by atoms with Crippen molar-refractivity contribution in [2.24, 2.45) is 5.92 Å². The van der Waals surface area contributed by atoms with Gasteiger partial charge in [0.15, 0.2) is 0 Å². The number of halogens is 4. The Labute approximate surface area is 119 Å². The summed E-state index contributed by atoms with van der Waals surface area (Å²) in [4.78, 5) is -0.640. The highest BCUT2D eigenvalue weighted by molar-refractivity contribution is 7.89. The lowest BCUT2D eigenvalue weighted by molar-refractivity contribution is -0.137. The van der Waals surface area contributed by atoms with Crippen LogP contribution >= 0.6 is 11.6 Å². The first-order valence-corrected chi connectivity index (χ1v) is 7.41. The van der Waals surface area contributed by atoms with E-state index in [1.165, 1.54) is 0 Å². The number of aliphatic hydroxyl groups excluding tert-OH is 1. The third kappa shape index (κ3) is 4.34. The van der Waals surface area contributed by atoms with Crippen LogP contribution in [-0.2, 0) is 16.2 Å². The van der Waals surface area contributed by atoms with Crippen LogP contribution in [0.1, 0.15) is 12.5 Å². The Bertz CT molecular complexity index is 575. The van der Waals surface area contributed by atoms with E-state index < -0.39 is 26.7 Å². The second-order valence-corrected chi connectivity index (χ2v) is 6.43.